The van der Waals surface area contributed by atoms with Crippen LogP contribution in [0.3, 0.4) is 0 Å². The van der Waals surface area contributed by atoms with E-state index in [1.165, 1.54) is 12.0 Å². The molecule has 2 amide bonds. The average molecular weight is 451 g/mol. The van der Waals surface area contributed by atoms with E-state index in [2.05, 4.69) is 11.9 Å². The van der Waals surface area contributed by atoms with Crippen LogP contribution in [0.15, 0.2) is 67.3 Å². The molecule has 0 bridgehead atoms. The summed E-state index contributed by atoms with van der Waals surface area (Å²) in [5.41, 5.74) is 2.82. The van der Waals surface area contributed by atoms with Gasteiger partial charge >= 0.3 is 12.1 Å². The largest absolute Gasteiger partial charge is 0.467 e. The van der Waals surface area contributed by atoms with Gasteiger partial charge in [0, 0.05) is 6.42 Å². The number of hydrogen-bond acceptors (Lipinski definition) is 5. The molecule has 1 heterocycles. The third-order valence-corrected chi connectivity index (χ3v) is 5.69. The van der Waals surface area contributed by atoms with Crippen LogP contribution in [0.5, 0.6) is 0 Å². The minimum Gasteiger partial charge on any atom is -0.467 e. The SMILES string of the molecule is C=CCCC[C@H](NC(=O)[C@@H]1Cc2ccccc2CN1C(=O)OCc1ccccc1)C(=O)OC. The fraction of sp³-hybridized carbons (Fsp3) is 0.346. The van der Waals surface area contributed by atoms with Crippen molar-refractivity contribution in [3.05, 3.63) is 83.9 Å². The number of amides is 2. The third-order valence-electron chi connectivity index (χ3n) is 5.69. The highest BCUT2D eigenvalue weighted by atomic mass is 16.6. The molecular formula is C26H30N2O5. The molecule has 0 spiro atoms. The first kappa shape index (κ1) is 24.0. The first-order chi connectivity index (χ1) is 16.0. The Kier molecular flexibility index (Phi) is 8.63. The molecule has 1 aliphatic rings. The second kappa shape index (κ2) is 11.9. The van der Waals surface area contributed by atoms with E-state index in [0.717, 1.165) is 23.1 Å². The lowest BCUT2D eigenvalue weighted by atomic mass is 9.93. The van der Waals surface area contributed by atoms with E-state index in [0.29, 0.717) is 19.3 Å². The second-order valence-corrected chi connectivity index (χ2v) is 7.96. The van der Waals surface area contributed by atoms with Crippen molar-refractivity contribution in [3.63, 3.8) is 0 Å². The quantitative estimate of drug-likeness (QED) is 0.357. The van der Waals surface area contributed by atoms with Crippen LogP contribution in [-0.2, 0) is 38.6 Å². The van der Waals surface area contributed by atoms with Gasteiger partial charge in [0.2, 0.25) is 5.91 Å². The molecule has 2 atom stereocenters. The Morgan fingerprint density at radius 1 is 1.12 bits per heavy atom. The first-order valence-electron chi connectivity index (χ1n) is 11.1. The van der Waals surface area contributed by atoms with E-state index in [1.807, 2.05) is 54.6 Å². The monoisotopic (exact) mass is 450 g/mol. The molecule has 0 saturated heterocycles. The number of carbonyl (C=O) groups is 3. The number of unbranched alkanes of at least 4 members (excludes halogenated alkanes) is 1. The lowest BCUT2D eigenvalue weighted by Crippen LogP contribution is -2.55. The molecule has 0 unspecified atom stereocenters. The van der Waals surface area contributed by atoms with Gasteiger partial charge in [0.1, 0.15) is 18.7 Å². The highest BCUT2D eigenvalue weighted by Gasteiger charge is 2.37. The number of carbonyl (C=O) groups excluding carboxylic acids is 3. The number of ether oxygens (including phenoxy) is 2. The molecule has 0 fully saturated rings. The molecule has 7 heteroatoms. The van der Waals surface area contributed by atoms with E-state index in [9.17, 15) is 14.4 Å². The van der Waals surface area contributed by atoms with Crippen molar-refractivity contribution < 1.29 is 23.9 Å². The molecule has 2 aromatic carbocycles. The molecule has 1 aliphatic heterocycles. The zero-order valence-corrected chi connectivity index (χ0v) is 18.9. The number of allylic oxidation sites excluding steroid dienone is 1. The van der Waals surface area contributed by atoms with E-state index >= 15 is 0 Å². The number of methoxy groups -OCH3 is 1. The smallest absolute Gasteiger partial charge is 0.411 e. The van der Waals surface area contributed by atoms with Gasteiger partial charge in [-0.25, -0.2) is 9.59 Å². The molecule has 7 nitrogen and oxygen atoms in total. The van der Waals surface area contributed by atoms with Crippen LogP contribution >= 0.6 is 0 Å². The minimum atomic E-state index is -0.797. The third kappa shape index (κ3) is 6.44. The molecule has 33 heavy (non-hydrogen) atoms. The predicted octanol–water partition coefficient (Wildman–Crippen LogP) is 3.76. The summed E-state index contributed by atoms with van der Waals surface area (Å²) in [5, 5.41) is 2.79. The van der Waals surface area contributed by atoms with Gasteiger partial charge in [-0.2, -0.15) is 0 Å². The Balaban J connectivity index is 1.76. The van der Waals surface area contributed by atoms with Gasteiger partial charge in [0.05, 0.1) is 13.7 Å². The van der Waals surface area contributed by atoms with Crippen molar-refractivity contribution in [3.8, 4) is 0 Å². The highest BCUT2D eigenvalue weighted by molar-refractivity contribution is 5.90. The zero-order valence-electron chi connectivity index (χ0n) is 18.9. The second-order valence-electron chi connectivity index (χ2n) is 7.96. The van der Waals surface area contributed by atoms with Crippen LogP contribution < -0.4 is 5.32 Å². The van der Waals surface area contributed by atoms with Crippen LogP contribution in [0.1, 0.15) is 36.0 Å². The maximum atomic E-state index is 13.3. The van der Waals surface area contributed by atoms with Gasteiger partial charge in [0.15, 0.2) is 0 Å². The number of nitrogens with one attached hydrogen (secondary N) is 1. The van der Waals surface area contributed by atoms with Crippen LogP contribution in [0.25, 0.3) is 0 Å². The Bertz CT molecular complexity index is 976. The number of hydrogen-bond donors (Lipinski definition) is 1. The van der Waals surface area contributed by atoms with E-state index in [4.69, 9.17) is 9.47 Å². The van der Waals surface area contributed by atoms with Crippen LogP contribution in [0.4, 0.5) is 4.79 Å². The van der Waals surface area contributed by atoms with E-state index in [-0.39, 0.29) is 13.2 Å². The standard InChI is InChI=1S/C26H30N2O5/c1-3-4-6-15-22(25(30)32-2)27-24(29)23-16-20-13-9-10-14-21(20)17-28(23)26(31)33-18-19-11-7-5-8-12-19/h3,5,7-14,22-23H,1,4,6,15-18H2,2H3,(H,27,29)/t22-,23-/m0/s1. The summed E-state index contributed by atoms with van der Waals surface area (Å²) in [4.78, 5) is 39.9. The van der Waals surface area contributed by atoms with Crippen LogP contribution in [0.2, 0.25) is 0 Å². The lowest BCUT2D eigenvalue weighted by molar-refractivity contribution is -0.146. The normalized spacial score (nSPS) is 15.7. The molecule has 1 N–H and O–H groups in total. The number of fused-ring (bicyclic) bond motifs is 1. The van der Waals surface area contributed by atoms with Crippen molar-refractivity contribution in [2.24, 2.45) is 0 Å². The fourth-order valence-corrected chi connectivity index (χ4v) is 3.88. The van der Waals surface area contributed by atoms with E-state index in [1.54, 1.807) is 6.08 Å². The van der Waals surface area contributed by atoms with Gasteiger partial charge in [-0.15, -0.1) is 6.58 Å². The van der Waals surface area contributed by atoms with Crippen molar-refractivity contribution >= 4 is 18.0 Å². The van der Waals surface area contributed by atoms with Gasteiger partial charge in [-0.05, 0) is 36.0 Å². The van der Waals surface area contributed by atoms with Crippen molar-refractivity contribution in [1.82, 2.24) is 10.2 Å². The summed E-state index contributed by atoms with van der Waals surface area (Å²) in [7, 11) is 1.29. The van der Waals surface area contributed by atoms with Crippen molar-refractivity contribution in [2.45, 2.75) is 50.9 Å². The average Bonchev–Trinajstić information content (AvgIpc) is 2.86. The Hall–Kier alpha value is -3.61. The molecular weight excluding hydrogens is 420 g/mol. The summed E-state index contributed by atoms with van der Waals surface area (Å²) in [5.74, 6) is -0.919. The first-order valence-corrected chi connectivity index (χ1v) is 11.1. The van der Waals surface area contributed by atoms with Crippen molar-refractivity contribution in [2.75, 3.05) is 7.11 Å². The van der Waals surface area contributed by atoms with Crippen LogP contribution in [0, 0.1) is 0 Å². The topological polar surface area (TPSA) is 84.9 Å². The minimum absolute atomic E-state index is 0.110. The number of nitrogens with zero attached hydrogens (tertiary/aromatic N) is 1. The molecule has 0 aromatic heterocycles. The summed E-state index contributed by atoms with van der Waals surface area (Å²) < 4.78 is 10.4. The zero-order chi connectivity index (χ0) is 23.6. The molecule has 174 valence electrons. The fourth-order valence-electron chi connectivity index (χ4n) is 3.88. The maximum absolute atomic E-state index is 13.3. The molecule has 0 saturated carbocycles. The summed E-state index contributed by atoms with van der Waals surface area (Å²) in [6.07, 6.45) is 3.35. The Morgan fingerprint density at radius 3 is 2.52 bits per heavy atom. The van der Waals surface area contributed by atoms with Gasteiger partial charge < -0.3 is 14.8 Å². The molecule has 0 radical (unpaired) electrons. The number of rotatable bonds is 9. The molecule has 3 rings (SSSR count). The summed E-state index contributed by atoms with van der Waals surface area (Å²) in [6, 6.07) is 15.5. The van der Waals surface area contributed by atoms with Gasteiger partial charge in [-0.1, -0.05) is 60.7 Å². The Morgan fingerprint density at radius 2 is 1.82 bits per heavy atom. The van der Waals surface area contributed by atoms with Crippen molar-refractivity contribution in [1.29, 1.82) is 0 Å². The number of benzene rings is 2. The maximum Gasteiger partial charge on any atom is 0.411 e. The predicted molar refractivity (Wildman–Crippen MR) is 124 cm³/mol. The van der Waals surface area contributed by atoms with Gasteiger partial charge in [-0.3, -0.25) is 9.69 Å². The summed E-state index contributed by atoms with van der Waals surface area (Å²) >= 11 is 0. The molecule has 2 aromatic rings. The Labute approximate surface area is 194 Å². The van der Waals surface area contributed by atoms with Gasteiger partial charge in [0.25, 0.3) is 0 Å². The highest BCUT2D eigenvalue weighted by Crippen LogP contribution is 2.25. The lowest BCUT2D eigenvalue weighted by Gasteiger charge is -2.35. The van der Waals surface area contributed by atoms with Crippen LogP contribution in [-0.4, -0.2) is 42.1 Å². The number of esters is 1. The van der Waals surface area contributed by atoms with E-state index < -0.39 is 30.1 Å². The summed E-state index contributed by atoms with van der Waals surface area (Å²) in [6.45, 7) is 4.05. The molecule has 0 aliphatic carbocycles.